The first-order valence-electron chi connectivity index (χ1n) is 10.4. The van der Waals surface area contributed by atoms with Gasteiger partial charge in [0.25, 0.3) is 5.56 Å². The van der Waals surface area contributed by atoms with E-state index in [1.165, 1.54) is 10.6 Å². The van der Waals surface area contributed by atoms with E-state index in [1.54, 1.807) is 41.4 Å². The van der Waals surface area contributed by atoms with Crippen molar-refractivity contribution in [3.63, 3.8) is 0 Å². The lowest BCUT2D eigenvalue weighted by Gasteiger charge is -2.12. The van der Waals surface area contributed by atoms with Crippen molar-refractivity contribution in [2.45, 2.75) is 46.7 Å². The highest BCUT2D eigenvalue weighted by Gasteiger charge is 2.23. The highest BCUT2D eigenvalue weighted by Crippen LogP contribution is 2.21. The molecule has 4 rings (SSSR count). The monoisotopic (exact) mass is 424 g/mol. The average Bonchev–Trinajstić information content (AvgIpc) is 3.35. The first-order chi connectivity index (χ1) is 14.9. The van der Waals surface area contributed by atoms with Crippen LogP contribution in [0.5, 0.6) is 0 Å². The van der Waals surface area contributed by atoms with E-state index in [9.17, 15) is 14.0 Å². The van der Waals surface area contributed by atoms with Crippen molar-refractivity contribution in [1.29, 1.82) is 0 Å². The largest absolute Gasteiger partial charge is 0.332 e. The Labute approximate surface area is 178 Å². The van der Waals surface area contributed by atoms with Crippen molar-refractivity contribution >= 4 is 11.2 Å². The fraction of sp³-hybridized carbons (Fsp3) is 0.364. The Morgan fingerprint density at radius 2 is 1.77 bits per heavy atom. The molecule has 0 bridgehead atoms. The highest BCUT2D eigenvalue weighted by atomic mass is 19.1. The Kier molecular flexibility index (Phi) is 5.34. The maximum atomic E-state index is 14.5. The third kappa shape index (κ3) is 3.30. The molecule has 0 saturated heterocycles. The summed E-state index contributed by atoms with van der Waals surface area (Å²) in [5.41, 5.74) is 1.84. The molecule has 8 nitrogen and oxygen atoms in total. The van der Waals surface area contributed by atoms with Gasteiger partial charge in [0.15, 0.2) is 11.2 Å². The molecule has 1 aromatic carbocycles. The number of halogens is 1. The van der Waals surface area contributed by atoms with Crippen LogP contribution >= 0.6 is 0 Å². The second-order valence-corrected chi connectivity index (χ2v) is 7.40. The van der Waals surface area contributed by atoms with E-state index in [1.807, 2.05) is 19.9 Å². The van der Waals surface area contributed by atoms with Gasteiger partial charge in [0.1, 0.15) is 5.82 Å². The predicted octanol–water partition coefficient (Wildman–Crippen LogP) is 2.41. The van der Waals surface area contributed by atoms with E-state index in [0.717, 1.165) is 22.4 Å². The van der Waals surface area contributed by atoms with Gasteiger partial charge in [-0.1, -0.05) is 32.0 Å². The van der Waals surface area contributed by atoms with Crippen molar-refractivity contribution in [2.75, 3.05) is 0 Å². The minimum Gasteiger partial charge on any atom is -0.298 e. The van der Waals surface area contributed by atoms with Crippen molar-refractivity contribution in [1.82, 2.24) is 28.5 Å². The molecule has 3 heterocycles. The van der Waals surface area contributed by atoms with E-state index in [0.29, 0.717) is 17.9 Å². The maximum absolute atomic E-state index is 14.5. The first-order valence-corrected chi connectivity index (χ1v) is 10.4. The number of hydrogen-bond acceptors (Lipinski definition) is 4. The zero-order valence-corrected chi connectivity index (χ0v) is 18.1. The molecule has 0 unspecified atom stereocenters. The Hall–Kier alpha value is -3.49. The van der Waals surface area contributed by atoms with Gasteiger partial charge in [-0.3, -0.25) is 18.5 Å². The summed E-state index contributed by atoms with van der Waals surface area (Å²) in [5, 5.41) is 4.66. The number of aryl methyl sites for hydroxylation is 3. The fourth-order valence-corrected chi connectivity index (χ4v) is 3.82. The second-order valence-electron chi connectivity index (χ2n) is 7.40. The molecular formula is C22H25FN6O2. The summed E-state index contributed by atoms with van der Waals surface area (Å²) in [6, 6.07) is 8.42. The van der Waals surface area contributed by atoms with Gasteiger partial charge in [0.2, 0.25) is 5.95 Å². The van der Waals surface area contributed by atoms with Crippen LogP contribution < -0.4 is 11.2 Å². The molecule has 0 aliphatic rings. The Balaban J connectivity index is 2.11. The van der Waals surface area contributed by atoms with Gasteiger partial charge >= 0.3 is 5.69 Å². The van der Waals surface area contributed by atoms with E-state index in [-0.39, 0.29) is 30.1 Å². The Bertz CT molecular complexity index is 1390. The normalized spacial score (nSPS) is 11.5. The van der Waals surface area contributed by atoms with Crippen LogP contribution in [-0.4, -0.2) is 28.5 Å². The molecule has 162 valence electrons. The second kappa shape index (κ2) is 7.98. The quantitative estimate of drug-likeness (QED) is 0.476. The lowest BCUT2D eigenvalue weighted by atomic mass is 10.2. The number of rotatable bonds is 6. The van der Waals surface area contributed by atoms with Crippen LogP contribution in [0.3, 0.4) is 0 Å². The van der Waals surface area contributed by atoms with E-state index >= 15 is 0 Å². The van der Waals surface area contributed by atoms with Crippen molar-refractivity contribution in [3.8, 4) is 5.95 Å². The Morgan fingerprint density at radius 3 is 2.42 bits per heavy atom. The zero-order valence-electron chi connectivity index (χ0n) is 18.1. The summed E-state index contributed by atoms with van der Waals surface area (Å²) < 4.78 is 20.4. The highest BCUT2D eigenvalue weighted by molar-refractivity contribution is 5.73. The molecule has 3 aromatic heterocycles. The minimum absolute atomic E-state index is 0.0835. The van der Waals surface area contributed by atoms with Gasteiger partial charge in [0.05, 0.1) is 12.2 Å². The summed E-state index contributed by atoms with van der Waals surface area (Å²) in [7, 11) is 1.59. The van der Waals surface area contributed by atoms with Crippen LogP contribution in [0.1, 0.15) is 37.7 Å². The lowest BCUT2D eigenvalue weighted by molar-refractivity contribution is 0.594. The fourth-order valence-electron chi connectivity index (χ4n) is 3.82. The van der Waals surface area contributed by atoms with Crippen LogP contribution in [0.15, 0.2) is 39.9 Å². The summed E-state index contributed by atoms with van der Waals surface area (Å²) in [6.07, 6.45) is 1.45. The molecule has 0 saturated carbocycles. The molecule has 0 aliphatic heterocycles. The topological polar surface area (TPSA) is 79.6 Å². The molecule has 0 N–H and O–H groups in total. The van der Waals surface area contributed by atoms with Crippen molar-refractivity contribution < 1.29 is 4.39 Å². The molecule has 0 amide bonds. The number of aromatic nitrogens is 6. The smallest absolute Gasteiger partial charge is 0.298 e. The van der Waals surface area contributed by atoms with Gasteiger partial charge in [-0.05, 0) is 31.9 Å². The van der Waals surface area contributed by atoms with E-state index in [4.69, 9.17) is 0 Å². The van der Waals surface area contributed by atoms with Gasteiger partial charge in [0, 0.05) is 24.8 Å². The number of fused-ring (bicyclic) bond motifs is 1. The lowest BCUT2D eigenvalue weighted by Crippen LogP contribution is -2.39. The Morgan fingerprint density at radius 1 is 1.03 bits per heavy atom. The summed E-state index contributed by atoms with van der Waals surface area (Å²) in [5.74, 6) is 0.0112. The molecule has 0 radical (unpaired) electrons. The molecular weight excluding hydrogens is 399 g/mol. The van der Waals surface area contributed by atoms with Gasteiger partial charge in [-0.15, -0.1) is 0 Å². The SMILES string of the molecule is CCc1cc(CC)n(-c2nc3c(c(=O)n(CC)c(=O)n3C)n2Cc2ccccc2F)n1. The zero-order chi connectivity index (χ0) is 22.3. The van der Waals surface area contributed by atoms with Crippen LogP contribution in [0, 0.1) is 5.82 Å². The van der Waals surface area contributed by atoms with Gasteiger partial charge < -0.3 is 0 Å². The van der Waals surface area contributed by atoms with Crippen LogP contribution in [0.2, 0.25) is 0 Å². The molecule has 31 heavy (non-hydrogen) atoms. The molecule has 0 aliphatic carbocycles. The molecule has 0 atom stereocenters. The molecule has 4 aromatic rings. The molecule has 9 heteroatoms. The van der Waals surface area contributed by atoms with Crippen molar-refractivity contribution in [3.05, 3.63) is 73.9 Å². The summed E-state index contributed by atoms with van der Waals surface area (Å²) in [6.45, 7) is 6.07. The predicted molar refractivity (Wildman–Crippen MR) is 116 cm³/mol. The van der Waals surface area contributed by atoms with Gasteiger partial charge in [-0.25, -0.2) is 13.9 Å². The van der Waals surface area contributed by atoms with Crippen LogP contribution in [0.25, 0.3) is 17.1 Å². The third-order valence-electron chi connectivity index (χ3n) is 5.56. The van der Waals surface area contributed by atoms with E-state index in [2.05, 4.69) is 10.1 Å². The van der Waals surface area contributed by atoms with Crippen molar-refractivity contribution in [2.24, 2.45) is 7.05 Å². The van der Waals surface area contributed by atoms with Gasteiger partial charge in [-0.2, -0.15) is 10.1 Å². The third-order valence-corrected chi connectivity index (χ3v) is 5.56. The van der Waals surface area contributed by atoms with Crippen LogP contribution in [-0.2, 0) is 33.0 Å². The van der Waals surface area contributed by atoms with E-state index < -0.39 is 11.2 Å². The molecule has 0 fully saturated rings. The summed E-state index contributed by atoms with van der Waals surface area (Å²) >= 11 is 0. The minimum atomic E-state index is -0.448. The van der Waals surface area contributed by atoms with Crippen LogP contribution in [0.4, 0.5) is 4.39 Å². The number of imidazole rings is 1. The summed E-state index contributed by atoms with van der Waals surface area (Å²) in [4.78, 5) is 30.6. The molecule has 0 spiro atoms. The average molecular weight is 424 g/mol. The number of hydrogen-bond donors (Lipinski definition) is 0. The standard InChI is InChI=1S/C22H25FN6O2/c1-5-15-12-16(6-2)29(25-15)21-24-19-18(20(30)27(7-3)22(31)26(19)4)28(21)13-14-10-8-9-11-17(14)23/h8-12H,5-7,13H2,1-4H3. The maximum Gasteiger partial charge on any atom is 0.332 e. The number of nitrogens with zero attached hydrogens (tertiary/aromatic N) is 6. The number of benzene rings is 1. The first kappa shape index (κ1) is 20.8.